The molecule has 14 heteroatoms. The van der Waals surface area contributed by atoms with Gasteiger partial charge in [0, 0.05) is 81.7 Å². The summed E-state index contributed by atoms with van der Waals surface area (Å²) in [4.78, 5) is 56.5. The van der Waals surface area contributed by atoms with Crippen molar-refractivity contribution in [3.05, 3.63) is 79.9 Å². The van der Waals surface area contributed by atoms with Crippen LogP contribution in [0.3, 0.4) is 0 Å². The van der Waals surface area contributed by atoms with Gasteiger partial charge in [0.2, 0.25) is 11.8 Å². The van der Waals surface area contributed by atoms with Gasteiger partial charge < -0.3 is 24.8 Å². The van der Waals surface area contributed by atoms with E-state index in [0.717, 1.165) is 64.0 Å². The molecule has 0 aliphatic carbocycles. The van der Waals surface area contributed by atoms with Crippen LogP contribution in [-0.2, 0) is 16.6 Å². The zero-order chi connectivity index (χ0) is 37.4. The topological polar surface area (TPSA) is 129 Å². The van der Waals surface area contributed by atoms with Crippen LogP contribution in [0.25, 0.3) is 0 Å². The average molecular weight is 793 g/mol. The number of anilines is 2. The van der Waals surface area contributed by atoms with Gasteiger partial charge in [-0.1, -0.05) is 12.1 Å². The molecule has 3 aromatic rings. The molecule has 0 radical (unpaired) electrons. The number of nitrogens with one attached hydrogen (secondary N) is 2. The maximum Gasteiger partial charge on any atom is 0.282 e. The molecule has 2 N–H and O–H groups in total. The summed E-state index contributed by atoms with van der Waals surface area (Å²) < 4.78 is 22.9. The van der Waals surface area contributed by atoms with E-state index in [1.54, 1.807) is 19.3 Å². The molecule has 0 bridgehead atoms. The largest absolute Gasteiger partial charge is 0.496 e. The minimum absolute atomic E-state index is 0.0609. The summed E-state index contributed by atoms with van der Waals surface area (Å²) in [6.07, 6.45) is 6.74. The first-order valence-electron chi connectivity index (χ1n) is 18.5. The van der Waals surface area contributed by atoms with E-state index in [4.69, 9.17) is 4.74 Å². The number of methoxy groups -OCH3 is 1. The Bertz CT molecular complexity index is 1940. The number of aryl methyl sites for hydroxylation is 1. The van der Waals surface area contributed by atoms with Crippen LogP contribution in [0, 0.1) is 11.2 Å². The van der Waals surface area contributed by atoms with Gasteiger partial charge in [-0.25, -0.2) is 9.07 Å². The number of carbonyl (C=O) groups excluding carboxylic acids is 3. The monoisotopic (exact) mass is 791 g/mol. The highest BCUT2D eigenvalue weighted by molar-refractivity contribution is 9.10. The fourth-order valence-corrected chi connectivity index (χ4v) is 9.21. The predicted octanol–water partition coefficient (Wildman–Crippen LogP) is 4.63. The molecule has 282 valence electrons. The Labute approximate surface area is 317 Å². The standard InChI is InChI=1S/C39H47BrFN7O5/c1-45-22-26(18-27(23-45)43-31-21-42-46(2)38(52)35(31)40)24-4-6-25(7-5-24)37(51)48-16-12-39(13-17-48)10-14-47(15-11-39)28-19-30(41)34(32(20-28)53-3)29-8-9-33(49)44-36(29)50/h4-7,19-21,26-27,29,43H,8-18,22-23H2,1-3H3,(H,44,49,50). The van der Waals surface area contributed by atoms with Crippen molar-refractivity contribution >= 4 is 45.0 Å². The number of likely N-dealkylation sites (tertiary alicyclic amines) is 2. The quantitative estimate of drug-likeness (QED) is 0.329. The lowest BCUT2D eigenvalue weighted by Gasteiger charge is -2.47. The Morgan fingerprint density at radius 1 is 1.02 bits per heavy atom. The molecule has 4 saturated heterocycles. The molecule has 1 aromatic heterocycles. The van der Waals surface area contributed by atoms with Gasteiger partial charge >= 0.3 is 0 Å². The number of hydrogen-bond donors (Lipinski definition) is 2. The van der Waals surface area contributed by atoms with Gasteiger partial charge in [-0.3, -0.25) is 24.5 Å². The van der Waals surface area contributed by atoms with Gasteiger partial charge in [-0.2, -0.15) is 5.10 Å². The molecule has 0 saturated carbocycles. The van der Waals surface area contributed by atoms with E-state index in [1.807, 2.05) is 17.0 Å². The first-order valence-corrected chi connectivity index (χ1v) is 19.2. The lowest BCUT2D eigenvalue weighted by molar-refractivity contribution is -0.134. The third-order valence-electron chi connectivity index (χ3n) is 11.9. The molecular weight excluding hydrogens is 745 g/mol. The van der Waals surface area contributed by atoms with Crippen molar-refractivity contribution in [2.75, 3.05) is 63.6 Å². The van der Waals surface area contributed by atoms with Gasteiger partial charge in [-0.15, -0.1) is 0 Å². The molecule has 2 aromatic carbocycles. The van der Waals surface area contributed by atoms with Crippen LogP contribution < -0.4 is 25.8 Å². The summed E-state index contributed by atoms with van der Waals surface area (Å²) in [5.41, 5.74) is 3.46. The number of rotatable bonds is 7. The summed E-state index contributed by atoms with van der Waals surface area (Å²) >= 11 is 3.42. The molecule has 5 heterocycles. The minimum atomic E-state index is -0.762. The second-order valence-electron chi connectivity index (χ2n) is 15.2. The van der Waals surface area contributed by atoms with Crippen LogP contribution in [0.15, 0.2) is 51.9 Å². The Kier molecular flexibility index (Phi) is 10.6. The first kappa shape index (κ1) is 37.0. The van der Waals surface area contributed by atoms with Gasteiger partial charge in [0.05, 0.1) is 24.9 Å². The number of halogens is 2. The number of nitrogens with zero attached hydrogens (tertiary/aromatic N) is 5. The van der Waals surface area contributed by atoms with Crippen molar-refractivity contribution in [1.29, 1.82) is 0 Å². The number of amides is 3. The molecule has 4 fully saturated rings. The van der Waals surface area contributed by atoms with Crippen molar-refractivity contribution < 1.29 is 23.5 Å². The lowest BCUT2D eigenvalue weighted by Crippen LogP contribution is -2.48. The molecule has 3 unspecified atom stereocenters. The smallest absolute Gasteiger partial charge is 0.282 e. The van der Waals surface area contributed by atoms with E-state index in [9.17, 15) is 19.2 Å². The number of hydrogen-bond acceptors (Lipinski definition) is 9. The number of likely N-dealkylation sites (N-methyl/N-ethyl adjacent to an activating group) is 1. The highest BCUT2D eigenvalue weighted by Crippen LogP contribution is 2.44. The molecule has 4 aliphatic rings. The van der Waals surface area contributed by atoms with Gasteiger partial charge in [-0.05, 0) is 96.6 Å². The Morgan fingerprint density at radius 3 is 2.40 bits per heavy atom. The first-order chi connectivity index (χ1) is 25.4. The third-order valence-corrected chi connectivity index (χ3v) is 12.7. The van der Waals surface area contributed by atoms with Crippen LogP contribution in [-0.4, -0.2) is 96.8 Å². The van der Waals surface area contributed by atoms with Crippen LogP contribution in [0.5, 0.6) is 5.75 Å². The van der Waals surface area contributed by atoms with Crippen LogP contribution in [0.4, 0.5) is 15.8 Å². The average Bonchev–Trinajstić information content (AvgIpc) is 3.15. The fourth-order valence-electron chi connectivity index (χ4n) is 8.74. The lowest BCUT2D eigenvalue weighted by atomic mass is 9.71. The Balaban J connectivity index is 0.929. The van der Waals surface area contributed by atoms with Crippen molar-refractivity contribution in [2.24, 2.45) is 12.5 Å². The van der Waals surface area contributed by atoms with Gasteiger partial charge in [0.1, 0.15) is 16.0 Å². The number of imide groups is 1. The molecule has 3 amide bonds. The Morgan fingerprint density at radius 2 is 1.72 bits per heavy atom. The second-order valence-corrected chi connectivity index (χ2v) is 16.0. The molecule has 4 aliphatic heterocycles. The maximum absolute atomic E-state index is 15.5. The zero-order valence-corrected chi connectivity index (χ0v) is 32.1. The maximum atomic E-state index is 15.5. The minimum Gasteiger partial charge on any atom is -0.496 e. The summed E-state index contributed by atoms with van der Waals surface area (Å²) in [6, 6.07) is 11.5. The highest BCUT2D eigenvalue weighted by Gasteiger charge is 2.40. The molecule has 7 rings (SSSR count). The number of ether oxygens (including phenoxy) is 1. The van der Waals surface area contributed by atoms with Gasteiger partial charge in [0.15, 0.2) is 0 Å². The van der Waals surface area contributed by atoms with Crippen molar-refractivity contribution in [3.63, 3.8) is 0 Å². The molecular formula is C39H47BrFN7O5. The van der Waals surface area contributed by atoms with Crippen molar-refractivity contribution in [3.8, 4) is 5.75 Å². The Hall–Kier alpha value is -4.30. The summed E-state index contributed by atoms with van der Waals surface area (Å²) in [6.45, 7) is 4.69. The van der Waals surface area contributed by atoms with Crippen LogP contribution in [0.2, 0.25) is 0 Å². The number of benzene rings is 2. The molecule has 1 spiro atoms. The summed E-state index contributed by atoms with van der Waals surface area (Å²) in [5.74, 6) is -1.43. The second kappa shape index (κ2) is 15.2. The SMILES string of the molecule is COc1cc(N2CCC3(CCN(C(=O)c4ccc(C5CC(Nc6cnn(C)c(=O)c6Br)CN(C)C5)cc4)CC3)CC2)cc(F)c1C1CCC(=O)NC1=O. The molecule has 53 heavy (non-hydrogen) atoms. The van der Waals surface area contributed by atoms with Crippen molar-refractivity contribution in [2.45, 2.75) is 62.8 Å². The zero-order valence-electron chi connectivity index (χ0n) is 30.5. The summed E-state index contributed by atoms with van der Waals surface area (Å²) in [5, 5.41) is 9.98. The predicted molar refractivity (Wildman–Crippen MR) is 203 cm³/mol. The fraction of sp³-hybridized carbons (Fsp3) is 0.513. The van der Waals surface area contributed by atoms with Crippen molar-refractivity contribution in [1.82, 2.24) is 24.9 Å². The van der Waals surface area contributed by atoms with E-state index in [1.165, 1.54) is 23.4 Å². The van der Waals surface area contributed by atoms with E-state index >= 15 is 4.39 Å². The normalized spacial score (nSPS) is 23.5. The van der Waals surface area contributed by atoms with E-state index in [-0.39, 0.29) is 53.2 Å². The van der Waals surface area contributed by atoms with E-state index in [2.05, 4.69) is 60.6 Å². The van der Waals surface area contributed by atoms with Gasteiger partial charge in [0.25, 0.3) is 11.5 Å². The highest BCUT2D eigenvalue weighted by atomic mass is 79.9. The summed E-state index contributed by atoms with van der Waals surface area (Å²) in [7, 11) is 5.20. The third kappa shape index (κ3) is 7.71. The van der Waals surface area contributed by atoms with E-state index < -0.39 is 17.6 Å². The molecule has 3 atom stereocenters. The van der Waals surface area contributed by atoms with Crippen LogP contribution >= 0.6 is 15.9 Å². The number of piperidine rings is 4. The molecule has 12 nitrogen and oxygen atoms in total. The van der Waals surface area contributed by atoms with Crippen LogP contribution in [0.1, 0.15) is 78.3 Å². The van der Waals surface area contributed by atoms with E-state index in [0.29, 0.717) is 34.6 Å². The number of aromatic nitrogens is 2. The number of carbonyl (C=O) groups is 3.